The fourth-order valence-corrected chi connectivity index (χ4v) is 1.96. The van der Waals surface area contributed by atoms with Crippen LogP contribution in [0.4, 0.5) is 0 Å². The number of aromatic nitrogens is 1. The summed E-state index contributed by atoms with van der Waals surface area (Å²) in [4.78, 5) is 16.0. The van der Waals surface area contributed by atoms with Gasteiger partial charge >= 0.3 is 0 Å². The third-order valence-electron chi connectivity index (χ3n) is 2.80. The maximum Gasteiger partial charge on any atom is 0.222 e. The number of amides is 1. The molecule has 92 valence electrons. The number of nitrogens with zero attached hydrogens (tertiary/aromatic N) is 1. The van der Waals surface area contributed by atoms with E-state index in [2.05, 4.69) is 15.6 Å². The van der Waals surface area contributed by atoms with Gasteiger partial charge in [-0.2, -0.15) is 0 Å². The summed E-state index contributed by atoms with van der Waals surface area (Å²) in [6, 6.07) is 3.72. The normalized spacial score (nSPS) is 20.6. The van der Waals surface area contributed by atoms with Gasteiger partial charge in [-0.05, 0) is 19.1 Å². The molecule has 17 heavy (non-hydrogen) atoms. The van der Waals surface area contributed by atoms with Crippen molar-refractivity contribution >= 4 is 5.91 Å². The zero-order chi connectivity index (χ0) is 12.3. The predicted octanol–water partition coefficient (Wildman–Crippen LogP) is 0.549. The highest BCUT2D eigenvalue weighted by Gasteiger charge is 2.22. The topological polar surface area (TPSA) is 63.2 Å². The third kappa shape index (κ3) is 2.74. The Morgan fingerprint density at radius 1 is 1.41 bits per heavy atom. The first-order chi connectivity index (χ1) is 8.20. The highest BCUT2D eigenvalue weighted by molar-refractivity contribution is 5.77. The number of nitrogens with one attached hydrogen (secondary N) is 2. The van der Waals surface area contributed by atoms with E-state index in [1.54, 1.807) is 7.11 Å². The highest BCUT2D eigenvalue weighted by Crippen LogP contribution is 2.26. The quantitative estimate of drug-likeness (QED) is 0.785. The van der Waals surface area contributed by atoms with Gasteiger partial charge in [0.25, 0.3) is 0 Å². The molecule has 2 rings (SSSR count). The van der Waals surface area contributed by atoms with E-state index in [9.17, 15) is 4.79 Å². The van der Waals surface area contributed by atoms with Gasteiger partial charge in [0.2, 0.25) is 5.91 Å². The van der Waals surface area contributed by atoms with Gasteiger partial charge in [-0.3, -0.25) is 9.78 Å². The fourth-order valence-electron chi connectivity index (χ4n) is 1.96. The maximum absolute atomic E-state index is 11.5. The lowest BCUT2D eigenvalue weighted by Crippen LogP contribution is -2.25. The number of hydrogen-bond acceptors (Lipinski definition) is 4. The van der Waals surface area contributed by atoms with Crippen LogP contribution in [0, 0.1) is 6.92 Å². The van der Waals surface area contributed by atoms with Crippen molar-refractivity contribution in [2.45, 2.75) is 19.4 Å². The van der Waals surface area contributed by atoms with Crippen LogP contribution in [0.3, 0.4) is 0 Å². The summed E-state index contributed by atoms with van der Waals surface area (Å²) >= 11 is 0. The van der Waals surface area contributed by atoms with Crippen LogP contribution in [-0.4, -0.2) is 31.1 Å². The number of aryl methyl sites for hydroxylation is 1. The maximum atomic E-state index is 11.5. The van der Waals surface area contributed by atoms with Gasteiger partial charge in [-0.1, -0.05) is 0 Å². The molecule has 0 aliphatic carbocycles. The molecule has 1 aromatic rings. The van der Waals surface area contributed by atoms with Crippen molar-refractivity contribution in [2.24, 2.45) is 0 Å². The fraction of sp³-hybridized carbons (Fsp3) is 0.500. The van der Waals surface area contributed by atoms with E-state index in [1.807, 2.05) is 19.1 Å². The molecule has 1 atom stereocenters. The molecule has 0 aromatic carbocycles. The Balaban J connectivity index is 2.30. The Bertz CT molecular complexity index is 420. The average molecular weight is 235 g/mol. The largest absolute Gasteiger partial charge is 0.495 e. The predicted molar refractivity (Wildman–Crippen MR) is 63.9 cm³/mol. The van der Waals surface area contributed by atoms with Crippen molar-refractivity contribution in [1.82, 2.24) is 15.6 Å². The molecule has 5 heteroatoms. The van der Waals surface area contributed by atoms with E-state index in [4.69, 9.17) is 4.74 Å². The standard InChI is InChI=1S/C12H17N3O2/c1-8-3-4-10(17-2)12(15-8)9-7-11(16)14-6-5-13-9/h3-4,9,13H,5-7H2,1-2H3,(H,14,16). The second kappa shape index (κ2) is 5.14. The SMILES string of the molecule is COc1ccc(C)nc1C1CC(=O)NCCN1. The summed E-state index contributed by atoms with van der Waals surface area (Å²) in [7, 11) is 1.62. The van der Waals surface area contributed by atoms with E-state index >= 15 is 0 Å². The molecule has 2 N–H and O–H groups in total. The minimum atomic E-state index is -0.0765. The van der Waals surface area contributed by atoms with Crippen LogP contribution in [0.1, 0.15) is 23.9 Å². The number of hydrogen-bond donors (Lipinski definition) is 2. The van der Waals surface area contributed by atoms with Crippen LogP contribution in [0.25, 0.3) is 0 Å². The van der Waals surface area contributed by atoms with Crippen molar-refractivity contribution in [3.63, 3.8) is 0 Å². The van der Waals surface area contributed by atoms with Gasteiger partial charge in [0.1, 0.15) is 5.75 Å². The van der Waals surface area contributed by atoms with Crippen LogP contribution in [0.2, 0.25) is 0 Å². The molecule has 0 radical (unpaired) electrons. The summed E-state index contributed by atoms with van der Waals surface area (Å²) in [5.41, 5.74) is 1.73. The second-order valence-corrected chi connectivity index (χ2v) is 4.10. The van der Waals surface area contributed by atoms with E-state index in [0.717, 1.165) is 23.7 Å². The zero-order valence-electron chi connectivity index (χ0n) is 10.1. The Morgan fingerprint density at radius 2 is 2.24 bits per heavy atom. The first-order valence-electron chi connectivity index (χ1n) is 5.72. The zero-order valence-corrected chi connectivity index (χ0v) is 10.1. The molecule has 1 saturated heterocycles. The smallest absolute Gasteiger partial charge is 0.222 e. The summed E-state index contributed by atoms with van der Waals surface area (Å²) in [6.07, 6.45) is 0.396. The van der Waals surface area contributed by atoms with Crippen molar-refractivity contribution < 1.29 is 9.53 Å². The summed E-state index contributed by atoms with van der Waals surface area (Å²) in [5, 5.41) is 6.13. The highest BCUT2D eigenvalue weighted by atomic mass is 16.5. The molecular formula is C12H17N3O2. The minimum absolute atomic E-state index is 0.0466. The molecule has 1 aliphatic heterocycles. The number of rotatable bonds is 2. The van der Waals surface area contributed by atoms with Gasteiger partial charge < -0.3 is 15.4 Å². The summed E-state index contributed by atoms with van der Waals surface area (Å²) in [6.45, 7) is 3.33. The molecule has 2 heterocycles. The number of ether oxygens (including phenoxy) is 1. The monoisotopic (exact) mass is 235 g/mol. The Hall–Kier alpha value is -1.62. The molecule has 0 bridgehead atoms. The lowest BCUT2D eigenvalue weighted by Gasteiger charge is -2.17. The Morgan fingerprint density at radius 3 is 3.00 bits per heavy atom. The lowest BCUT2D eigenvalue weighted by atomic mass is 10.1. The Labute approximate surface area is 101 Å². The second-order valence-electron chi connectivity index (χ2n) is 4.10. The van der Waals surface area contributed by atoms with Crippen molar-refractivity contribution in [2.75, 3.05) is 20.2 Å². The third-order valence-corrected chi connectivity index (χ3v) is 2.80. The van der Waals surface area contributed by atoms with E-state index in [0.29, 0.717) is 13.0 Å². The van der Waals surface area contributed by atoms with Gasteiger partial charge in [-0.15, -0.1) is 0 Å². The van der Waals surface area contributed by atoms with Crippen LogP contribution in [0.15, 0.2) is 12.1 Å². The Kier molecular flexibility index (Phi) is 3.58. The van der Waals surface area contributed by atoms with Gasteiger partial charge in [0.15, 0.2) is 0 Å². The van der Waals surface area contributed by atoms with Crippen molar-refractivity contribution in [1.29, 1.82) is 0 Å². The minimum Gasteiger partial charge on any atom is -0.495 e. The van der Waals surface area contributed by atoms with Crippen LogP contribution < -0.4 is 15.4 Å². The molecule has 1 aliphatic rings. The van der Waals surface area contributed by atoms with E-state index < -0.39 is 0 Å². The average Bonchev–Trinajstić information content (AvgIpc) is 2.54. The van der Waals surface area contributed by atoms with Crippen molar-refractivity contribution in [3.05, 3.63) is 23.5 Å². The molecule has 1 aromatic heterocycles. The van der Waals surface area contributed by atoms with Crippen LogP contribution >= 0.6 is 0 Å². The van der Waals surface area contributed by atoms with E-state index in [1.165, 1.54) is 0 Å². The summed E-state index contributed by atoms with van der Waals surface area (Å²) < 4.78 is 5.30. The van der Waals surface area contributed by atoms with Crippen LogP contribution in [-0.2, 0) is 4.79 Å². The summed E-state index contributed by atoms with van der Waals surface area (Å²) in [5.74, 6) is 0.771. The molecular weight excluding hydrogens is 218 g/mol. The van der Waals surface area contributed by atoms with Gasteiger partial charge in [0, 0.05) is 25.2 Å². The van der Waals surface area contributed by atoms with E-state index in [-0.39, 0.29) is 11.9 Å². The number of pyridine rings is 1. The molecule has 0 spiro atoms. The first-order valence-corrected chi connectivity index (χ1v) is 5.72. The molecule has 1 fully saturated rings. The number of carbonyl (C=O) groups is 1. The van der Waals surface area contributed by atoms with Crippen LogP contribution in [0.5, 0.6) is 5.75 Å². The van der Waals surface area contributed by atoms with Crippen molar-refractivity contribution in [3.8, 4) is 5.75 Å². The number of methoxy groups -OCH3 is 1. The lowest BCUT2D eigenvalue weighted by molar-refractivity contribution is -0.121. The molecule has 0 saturated carbocycles. The first kappa shape index (κ1) is 11.9. The molecule has 5 nitrogen and oxygen atoms in total. The van der Waals surface area contributed by atoms with Gasteiger partial charge in [0.05, 0.1) is 18.8 Å². The molecule has 1 amide bonds. The molecule has 1 unspecified atom stereocenters. The number of carbonyl (C=O) groups excluding carboxylic acids is 1. The van der Waals surface area contributed by atoms with Gasteiger partial charge in [-0.25, -0.2) is 0 Å².